The Labute approximate surface area is 179 Å². The molecular formula is C25H46O4. The average Bonchev–Trinajstić information content (AvgIpc) is 2.75. The maximum absolute atomic E-state index is 10.1. The van der Waals surface area contributed by atoms with E-state index < -0.39 is 0 Å². The molecule has 0 bridgehead atoms. The van der Waals surface area contributed by atoms with Crippen molar-refractivity contribution >= 4 is 6.29 Å². The number of rotatable bonds is 20. The Bertz CT molecular complexity index is 377. The topological polar surface area (TPSA) is 44.8 Å². The monoisotopic (exact) mass is 410 g/mol. The molecule has 0 aromatic carbocycles. The van der Waals surface area contributed by atoms with Gasteiger partial charge in [0.1, 0.15) is 12.9 Å². The van der Waals surface area contributed by atoms with Gasteiger partial charge in [-0.1, -0.05) is 70.4 Å². The first kappa shape index (κ1) is 26.3. The van der Waals surface area contributed by atoms with Crippen LogP contribution in [0.2, 0.25) is 0 Å². The molecule has 0 aliphatic carbocycles. The first-order valence-electron chi connectivity index (χ1n) is 12.3. The smallest absolute Gasteiger partial charge is 0.157 e. The fourth-order valence-electron chi connectivity index (χ4n) is 3.74. The van der Waals surface area contributed by atoms with Crippen molar-refractivity contribution in [2.24, 2.45) is 0 Å². The van der Waals surface area contributed by atoms with Gasteiger partial charge in [-0.3, -0.25) is 0 Å². The first-order valence-corrected chi connectivity index (χ1v) is 12.3. The van der Waals surface area contributed by atoms with Crippen molar-refractivity contribution in [3.05, 3.63) is 12.2 Å². The summed E-state index contributed by atoms with van der Waals surface area (Å²) in [5, 5.41) is 0. The Morgan fingerprint density at radius 1 is 0.966 bits per heavy atom. The summed E-state index contributed by atoms with van der Waals surface area (Å²) in [6, 6.07) is 0. The Hall–Kier alpha value is -0.710. The molecule has 0 aromatic rings. The lowest BCUT2D eigenvalue weighted by molar-refractivity contribution is -0.188. The summed E-state index contributed by atoms with van der Waals surface area (Å²) in [7, 11) is 0. The molecule has 0 spiro atoms. The highest BCUT2D eigenvalue weighted by Crippen LogP contribution is 2.20. The molecule has 0 amide bonds. The Kier molecular flexibility index (Phi) is 18.7. The molecule has 1 saturated heterocycles. The lowest BCUT2D eigenvalue weighted by Crippen LogP contribution is -2.27. The summed E-state index contributed by atoms with van der Waals surface area (Å²) in [6.45, 7) is 4.07. The third kappa shape index (κ3) is 16.7. The van der Waals surface area contributed by atoms with Crippen molar-refractivity contribution in [3.8, 4) is 0 Å². The fourth-order valence-corrected chi connectivity index (χ4v) is 3.74. The average molecular weight is 411 g/mol. The molecule has 4 nitrogen and oxygen atoms in total. The van der Waals surface area contributed by atoms with Crippen LogP contribution < -0.4 is 0 Å². The third-order valence-electron chi connectivity index (χ3n) is 5.52. The number of carbonyl (C=O) groups is 1. The van der Waals surface area contributed by atoms with Crippen LogP contribution in [0.15, 0.2) is 12.2 Å². The van der Waals surface area contributed by atoms with Gasteiger partial charge in [-0.25, -0.2) is 0 Å². The van der Waals surface area contributed by atoms with Gasteiger partial charge in [-0.05, 0) is 51.4 Å². The molecule has 1 aliphatic rings. The zero-order valence-electron chi connectivity index (χ0n) is 19.0. The minimum absolute atomic E-state index is 0.0252. The summed E-state index contributed by atoms with van der Waals surface area (Å²) in [5.41, 5.74) is 0. The van der Waals surface area contributed by atoms with Crippen LogP contribution in [-0.4, -0.2) is 38.5 Å². The van der Waals surface area contributed by atoms with Crippen LogP contribution in [0, 0.1) is 0 Å². The summed E-state index contributed by atoms with van der Waals surface area (Å²) in [5.74, 6) is 0. The highest BCUT2D eigenvalue weighted by Gasteiger charge is 2.18. The van der Waals surface area contributed by atoms with E-state index in [4.69, 9.17) is 14.2 Å². The van der Waals surface area contributed by atoms with Crippen molar-refractivity contribution in [1.82, 2.24) is 0 Å². The lowest BCUT2D eigenvalue weighted by Gasteiger charge is -2.27. The molecule has 1 aliphatic heterocycles. The molecule has 2 atom stereocenters. The number of allylic oxidation sites excluding steroid dienone is 1. The molecule has 0 aromatic heterocycles. The van der Waals surface area contributed by atoms with Crippen LogP contribution in [0.4, 0.5) is 0 Å². The Balaban J connectivity index is 2.06. The van der Waals surface area contributed by atoms with Crippen molar-refractivity contribution in [3.63, 3.8) is 0 Å². The van der Waals surface area contributed by atoms with Crippen LogP contribution in [0.5, 0.6) is 0 Å². The van der Waals surface area contributed by atoms with E-state index in [2.05, 4.69) is 19.1 Å². The molecule has 1 unspecified atom stereocenters. The van der Waals surface area contributed by atoms with Crippen molar-refractivity contribution in [2.45, 2.75) is 122 Å². The van der Waals surface area contributed by atoms with E-state index in [1.165, 1.54) is 77.0 Å². The van der Waals surface area contributed by atoms with Gasteiger partial charge >= 0.3 is 0 Å². The van der Waals surface area contributed by atoms with E-state index in [1.807, 2.05) is 0 Å². The highest BCUT2D eigenvalue weighted by molar-refractivity contribution is 5.50. The highest BCUT2D eigenvalue weighted by atomic mass is 16.7. The zero-order chi connectivity index (χ0) is 20.8. The van der Waals surface area contributed by atoms with Crippen molar-refractivity contribution in [1.29, 1.82) is 0 Å². The minimum Gasteiger partial charge on any atom is -0.374 e. The largest absolute Gasteiger partial charge is 0.374 e. The van der Waals surface area contributed by atoms with E-state index >= 15 is 0 Å². The maximum atomic E-state index is 10.1. The van der Waals surface area contributed by atoms with Crippen LogP contribution in [-0.2, 0) is 19.0 Å². The van der Waals surface area contributed by atoms with Gasteiger partial charge in [0, 0.05) is 13.2 Å². The van der Waals surface area contributed by atoms with Crippen molar-refractivity contribution < 1.29 is 19.0 Å². The standard InChI is InChI=1S/C25H46O4/c1-2-3-4-12-17-24(29-25-19-14-16-22-28-25)18-13-10-8-6-5-7-9-11-15-21-27-23-20-26/h10,13,20,24-25H,2-9,11-12,14-19,21-23H2,1H3/b13-10-/t24-,25?/m1/s1. The van der Waals surface area contributed by atoms with E-state index in [1.54, 1.807) is 0 Å². The first-order chi connectivity index (χ1) is 14.4. The van der Waals surface area contributed by atoms with Gasteiger partial charge in [0.25, 0.3) is 0 Å². The molecule has 0 radical (unpaired) electrons. The molecule has 1 heterocycles. The van der Waals surface area contributed by atoms with Gasteiger partial charge in [0.15, 0.2) is 6.29 Å². The minimum atomic E-state index is 0.0252. The number of hydrogen-bond acceptors (Lipinski definition) is 4. The van der Waals surface area contributed by atoms with Crippen LogP contribution >= 0.6 is 0 Å². The predicted molar refractivity (Wildman–Crippen MR) is 120 cm³/mol. The van der Waals surface area contributed by atoms with E-state index in [-0.39, 0.29) is 12.9 Å². The summed E-state index contributed by atoms with van der Waals surface area (Å²) >= 11 is 0. The summed E-state index contributed by atoms with van der Waals surface area (Å²) in [6.07, 6.45) is 25.2. The van der Waals surface area contributed by atoms with Crippen LogP contribution in [0.1, 0.15) is 110 Å². The van der Waals surface area contributed by atoms with E-state index in [0.29, 0.717) is 6.10 Å². The number of ether oxygens (including phenoxy) is 3. The summed E-state index contributed by atoms with van der Waals surface area (Å²) < 4.78 is 17.2. The number of unbranched alkanes of at least 4 members (excludes halogenated alkanes) is 9. The molecule has 170 valence electrons. The fraction of sp³-hybridized carbons (Fsp3) is 0.880. The molecular weight excluding hydrogens is 364 g/mol. The Morgan fingerprint density at radius 2 is 1.76 bits per heavy atom. The maximum Gasteiger partial charge on any atom is 0.157 e. The van der Waals surface area contributed by atoms with Crippen molar-refractivity contribution in [2.75, 3.05) is 19.8 Å². The van der Waals surface area contributed by atoms with Crippen LogP contribution in [0.3, 0.4) is 0 Å². The second kappa shape index (κ2) is 20.6. The summed E-state index contributed by atoms with van der Waals surface area (Å²) in [4.78, 5) is 10.1. The van der Waals surface area contributed by atoms with Gasteiger partial charge < -0.3 is 19.0 Å². The number of carbonyl (C=O) groups excluding carboxylic acids is 1. The molecule has 29 heavy (non-hydrogen) atoms. The third-order valence-corrected chi connectivity index (χ3v) is 5.52. The van der Waals surface area contributed by atoms with E-state index in [9.17, 15) is 4.79 Å². The second-order valence-corrected chi connectivity index (χ2v) is 8.26. The quantitative estimate of drug-likeness (QED) is 0.126. The molecule has 1 fully saturated rings. The van der Waals surface area contributed by atoms with Gasteiger partial charge in [-0.15, -0.1) is 0 Å². The van der Waals surface area contributed by atoms with Gasteiger partial charge in [0.2, 0.25) is 0 Å². The zero-order valence-corrected chi connectivity index (χ0v) is 19.0. The normalized spacial score (nSPS) is 18.3. The molecule has 0 saturated carbocycles. The number of hydrogen-bond donors (Lipinski definition) is 0. The van der Waals surface area contributed by atoms with Crippen LogP contribution in [0.25, 0.3) is 0 Å². The van der Waals surface area contributed by atoms with E-state index in [0.717, 1.165) is 45.2 Å². The molecule has 4 heteroatoms. The SMILES string of the molecule is CCCCCC[C@H](C/C=C\CCCCCCCCOCC=O)OC1CCCCO1. The lowest BCUT2D eigenvalue weighted by atomic mass is 10.1. The van der Waals surface area contributed by atoms with Gasteiger partial charge in [-0.2, -0.15) is 0 Å². The number of aldehydes is 1. The molecule has 1 rings (SSSR count). The Morgan fingerprint density at radius 3 is 2.52 bits per heavy atom. The van der Waals surface area contributed by atoms with Gasteiger partial charge in [0.05, 0.1) is 6.10 Å². The predicted octanol–water partition coefficient (Wildman–Crippen LogP) is 6.76. The molecule has 0 N–H and O–H groups in total. The second-order valence-electron chi connectivity index (χ2n) is 8.26.